The number of rotatable bonds is 16. The van der Waals surface area contributed by atoms with E-state index < -0.39 is 15.4 Å². The van der Waals surface area contributed by atoms with E-state index in [-0.39, 0.29) is 57.5 Å². The molecule has 0 aromatic heterocycles. The van der Waals surface area contributed by atoms with Crippen LogP contribution >= 0.6 is 0 Å². The normalized spacial score (nSPS) is 14.2. The van der Waals surface area contributed by atoms with E-state index in [1.54, 1.807) is 0 Å². The van der Waals surface area contributed by atoms with Gasteiger partial charge in [0.2, 0.25) is 0 Å². The quantitative estimate of drug-likeness (QED) is 0.248. The van der Waals surface area contributed by atoms with Crippen LogP contribution in [-0.4, -0.2) is 29.4 Å². The van der Waals surface area contributed by atoms with Crippen molar-refractivity contribution < 1.29 is 69.5 Å². The predicted octanol–water partition coefficient (Wildman–Crippen LogP) is 1.77. The third kappa shape index (κ3) is 16.9. The van der Waals surface area contributed by atoms with Gasteiger partial charge in [-0.3, -0.25) is 0 Å². The molecule has 0 rings (SSSR count). The number of hydrogen-bond acceptors (Lipinski definition) is 4. The maximum atomic E-state index is 11.4. The van der Waals surface area contributed by atoms with Crippen LogP contribution in [0.1, 0.15) is 104 Å². The first-order valence-corrected chi connectivity index (χ1v) is 11.0. The van der Waals surface area contributed by atoms with Crippen LogP contribution in [0, 0.1) is 0 Å². The Bertz CT molecular complexity index is 360. The molecule has 1 N–H and O–H groups in total. The van der Waals surface area contributed by atoms with Gasteiger partial charge in [0.15, 0.2) is 0 Å². The van der Waals surface area contributed by atoms with Gasteiger partial charge in [-0.2, -0.15) is 0 Å². The van der Waals surface area contributed by atoms with Crippen LogP contribution in [0.2, 0.25) is 0 Å². The van der Waals surface area contributed by atoms with Crippen molar-refractivity contribution in [3.05, 3.63) is 0 Å². The number of hydrogen-bond donors (Lipinski definition) is 1. The van der Waals surface area contributed by atoms with Gasteiger partial charge in [-0.15, -0.1) is 0 Å². The molecular weight excluding hydrogens is 351 g/mol. The van der Waals surface area contributed by atoms with Crippen LogP contribution in [0.15, 0.2) is 0 Å². The molecule has 140 valence electrons. The number of aliphatic hydroxyl groups is 1. The Morgan fingerprint density at radius 3 is 1.62 bits per heavy atom. The summed E-state index contributed by atoms with van der Waals surface area (Å²) in [7, 11) is -4.16. The SMILES string of the molecule is CCCCCCCCC(CCCCCCC(O)CC)S(=O)(=O)[O-].[K+]. The van der Waals surface area contributed by atoms with E-state index in [0.717, 1.165) is 57.8 Å². The molecule has 0 spiro atoms. The molecule has 0 radical (unpaired) electrons. The molecule has 4 nitrogen and oxygen atoms in total. The van der Waals surface area contributed by atoms with Crippen molar-refractivity contribution in [3.63, 3.8) is 0 Å². The molecule has 0 aliphatic carbocycles. The summed E-state index contributed by atoms with van der Waals surface area (Å²) in [6.07, 6.45) is 12.8. The van der Waals surface area contributed by atoms with Gasteiger partial charge in [0, 0.05) is 5.25 Å². The molecule has 24 heavy (non-hydrogen) atoms. The largest absolute Gasteiger partial charge is 1.00 e. The van der Waals surface area contributed by atoms with Gasteiger partial charge < -0.3 is 9.66 Å². The van der Waals surface area contributed by atoms with Gasteiger partial charge in [0.25, 0.3) is 0 Å². The summed E-state index contributed by atoms with van der Waals surface area (Å²) in [6.45, 7) is 4.14. The Labute approximate surface area is 192 Å². The summed E-state index contributed by atoms with van der Waals surface area (Å²) in [4.78, 5) is 0. The average molecular weight is 389 g/mol. The molecule has 0 aromatic rings. The first-order valence-electron chi connectivity index (χ1n) is 9.54. The molecule has 0 fully saturated rings. The van der Waals surface area contributed by atoms with Crippen molar-refractivity contribution in [1.82, 2.24) is 0 Å². The first-order chi connectivity index (χ1) is 10.9. The van der Waals surface area contributed by atoms with E-state index in [1.807, 2.05) is 6.92 Å². The van der Waals surface area contributed by atoms with Crippen LogP contribution in [0.25, 0.3) is 0 Å². The van der Waals surface area contributed by atoms with Crippen LogP contribution in [0.4, 0.5) is 0 Å². The zero-order valence-corrected chi connectivity index (χ0v) is 20.1. The van der Waals surface area contributed by atoms with E-state index in [0.29, 0.717) is 12.8 Å². The maximum Gasteiger partial charge on any atom is 1.00 e. The molecule has 0 aromatic carbocycles. The molecular formula is C18H37KO4S. The maximum absolute atomic E-state index is 11.4. The first kappa shape index (κ1) is 27.7. The fourth-order valence-electron chi connectivity index (χ4n) is 2.89. The predicted molar refractivity (Wildman–Crippen MR) is 95.5 cm³/mol. The van der Waals surface area contributed by atoms with Crippen molar-refractivity contribution in [2.24, 2.45) is 0 Å². The van der Waals surface area contributed by atoms with Crippen LogP contribution < -0.4 is 51.4 Å². The van der Waals surface area contributed by atoms with Crippen molar-refractivity contribution in [3.8, 4) is 0 Å². The third-order valence-corrected chi connectivity index (χ3v) is 5.86. The summed E-state index contributed by atoms with van der Waals surface area (Å²) in [6, 6.07) is 0. The zero-order chi connectivity index (χ0) is 17.6. The van der Waals surface area contributed by atoms with E-state index in [9.17, 15) is 18.1 Å². The fraction of sp³-hybridized carbons (Fsp3) is 1.00. The Morgan fingerprint density at radius 2 is 1.21 bits per heavy atom. The second-order valence-electron chi connectivity index (χ2n) is 6.72. The molecule has 0 aliphatic rings. The van der Waals surface area contributed by atoms with Crippen LogP contribution in [0.3, 0.4) is 0 Å². The average Bonchev–Trinajstić information content (AvgIpc) is 2.50. The zero-order valence-electron chi connectivity index (χ0n) is 16.1. The Hall–Kier alpha value is 1.51. The molecule has 0 amide bonds. The second kappa shape index (κ2) is 17.9. The standard InChI is InChI=1S/C18H38O4S.K/c1-3-5-6-7-8-12-15-18(23(20,21)22)16-13-10-9-11-14-17(19)4-2;/h17-19H,3-16H2,1-2H3,(H,20,21,22);/q;+1/p-1. The van der Waals surface area contributed by atoms with Gasteiger partial charge in [0.1, 0.15) is 0 Å². The Morgan fingerprint density at radius 1 is 0.792 bits per heavy atom. The van der Waals surface area contributed by atoms with E-state index >= 15 is 0 Å². The van der Waals surface area contributed by atoms with Gasteiger partial charge in [-0.25, -0.2) is 8.42 Å². The van der Waals surface area contributed by atoms with Crippen molar-refractivity contribution >= 4 is 10.1 Å². The van der Waals surface area contributed by atoms with Gasteiger partial charge in [0.05, 0.1) is 16.2 Å². The van der Waals surface area contributed by atoms with E-state index in [4.69, 9.17) is 0 Å². The molecule has 2 atom stereocenters. The minimum Gasteiger partial charge on any atom is -0.748 e. The van der Waals surface area contributed by atoms with Crippen molar-refractivity contribution in [2.45, 2.75) is 115 Å². The number of unbranched alkanes of at least 4 members (excludes halogenated alkanes) is 8. The Kier molecular flexibility index (Phi) is 20.7. The molecule has 0 bridgehead atoms. The van der Waals surface area contributed by atoms with Crippen LogP contribution in [-0.2, 0) is 10.1 Å². The monoisotopic (exact) mass is 388 g/mol. The summed E-state index contributed by atoms with van der Waals surface area (Å²) < 4.78 is 34.1. The molecule has 2 unspecified atom stereocenters. The van der Waals surface area contributed by atoms with Crippen molar-refractivity contribution in [2.75, 3.05) is 0 Å². The van der Waals surface area contributed by atoms with Crippen molar-refractivity contribution in [1.29, 1.82) is 0 Å². The molecule has 0 heterocycles. The molecule has 0 saturated heterocycles. The Balaban J connectivity index is 0. The summed E-state index contributed by atoms with van der Waals surface area (Å²) in [5, 5.41) is 8.76. The van der Waals surface area contributed by atoms with Gasteiger partial charge in [-0.1, -0.05) is 78.1 Å². The van der Waals surface area contributed by atoms with E-state index in [2.05, 4.69) is 6.92 Å². The summed E-state index contributed by atoms with van der Waals surface area (Å²) >= 11 is 0. The van der Waals surface area contributed by atoms with Gasteiger partial charge in [-0.05, 0) is 25.7 Å². The minimum atomic E-state index is -4.16. The summed E-state index contributed by atoms with van der Waals surface area (Å²) in [5.74, 6) is 0. The van der Waals surface area contributed by atoms with E-state index in [1.165, 1.54) is 19.3 Å². The number of aliphatic hydroxyl groups excluding tert-OH is 1. The molecule has 0 aliphatic heterocycles. The minimum absolute atomic E-state index is 0. The molecule has 0 saturated carbocycles. The second-order valence-corrected chi connectivity index (χ2v) is 8.38. The summed E-state index contributed by atoms with van der Waals surface area (Å²) in [5.41, 5.74) is 0. The van der Waals surface area contributed by atoms with Gasteiger partial charge >= 0.3 is 51.4 Å². The topological polar surface area (TPSA) is 77.4 Å². The fourth-order valence-corrected chi connectivity index (χ4v) is 3.81. The third-order valence-electron chi connectivity index (χ3n) is 4.57. The van der Waals surface area contributed by atoms with Crippen LogP contribution in [0.5, 0.6) is 0 Å². The molecule has 6 heteroatoms. The smallest absolute Gasteiger partial charge is 0.748 e.